The van der Waals surface area contributed by atoms with Crippen molar-refractivity contribution in [3.63, 3.8) is 0 Å². The number of ether oxygens (including phenoxy) is 1. The topological polar surface area (TPSA) is 50.4 Å². The Hall–Kier alpha value is -1.46. The number of rotatable bonds is 3. The number of amides is 1. The summed E-state index contributed by atoms with van der Waals surface area (Å²) in [7, 11) is 1.83. The maximum Gasteiger partial charge on any atom is 0.224 e. The van der Waals surface area contributed by atoms with Crippen molar-refractivity contribution >= 4 is 11.6 Å². The van der Waals surface area contributed by atoms with Crippen LogP contribution in [0, 0.1) is 11.7 Å². The Bertz CT molecular complexity index is 561. The van der Waals surface area contributed by atoms with Gasteiger partial charge in [0.05, 0.1) is 12.1 Å². The van der Waals surface area contributed by atoms with Crippen LogP contribution in [0.25, 0.3) is 0 Å². The molecule has 3 unspecified atom stereocenters. The molecule has 1 saturated heterocycles. The maximum absolute atomic E-state index is 14.5. The van der Waals surface area contributed by atoms with Crippen molar-refractivity contribution in [3.05, 3.63) is 29.1 Å². The van der Waals surface area contributed by atoms with Gasteiger partial charge in [-0.2, -0.15) is 0 Å². The summed E-state index contributed by atoms with van der Waals surface area (Å²) < 4.78 is 20.3. The number of fused-ring (bicyclic) bond motifs is 1. The molecule has 0 bridgehead atoms. The molecule has 1 aromatic rings. The quantitative estimate of drug-likeness (QED) is 0.899. The molecule has 0 aliphatic carbocycles. The van der Waals surface area contributed by atoms with Crippen molar-refractivity contribution in [2.24, 2.45) is 5.92 Å². The molecule has 0 aromatic heterocycles. The van der Waals surface area contributed by atoms with Crippen molar-refractivity contribution in [1.29, 1.82) is 0 Å². The summed E-state index contributed by atoms with van der Waals surface area (Å²) in [4.78, 5) is 11.4. The van der Waals surface area contributed by atoms with Crippen molar-refractivity contribution in [1.82, 2.24) is 5.32 Å². The minimum Gasteiger partial charge on any atom is -0.376 e. The number of carbonyl (C=O) groups excluding carboxylic acids is 1. The molecular weight excluding hydrogens is 271 g/mol. The van der Waals surface area contributed by atoms with E-state index in [-0.39, 0.29) is 23.9 Å². The molecule has 4 nitrogen and oxygen atoms in total. The van der Waals surface area contributed by atoms with Gasteiger partial charge in [0.2, 0.25) is 5.91 Å². The van der Waals surface area contributed by atoms with Gasteiger partial charge in [0, 0.05) is 24.3 Å². The third kappa shape index (κ3) is 2.68. The zero-order valence-electron chi connectivity index (χ0n) is 12.4. The molecule has 5 heteroatoms. The Balaban J connectivity index is 1.95. The standard InChI is InChI=1S/C16H21FN2O2/c1-9-5-6-21-16(9)15(18-2)11-7-10-3-4-14(20)19-13(10)8-12(11)17/h7-9,15-16,18H,3-6H2,1-2H3,(H,19,20). The number of benzene rings is 1. The molecule has 1 aromatic carbocycles. The van der Waals surface area contributed by atoms with Gasteiger partial charge in [-0.25, -0.2) is 4.39 Å². The molecule has 114 valence electrons. The second-order valence-corrected chi connectivity index (χ2v) is 5.95. The lowest BCUT2D eigenvalue weighted by molar-refractivity contribution is -0.116. The van der Waals surface area contributed by atoms with Gasteiger partial charge in [-0.1, -0.05) is 6.92 Å². The number of hydrogen-bond acceptors (Lipinski definition) is 3. The first kappa shape index (κ1) is 14.5. The van der Waals surface area contributed by atoms with E-state index in [1.54, 1.807) is 0 Å². The molecule has 2 aliphatic rings. The van der Waals surface area contributed by atoms with Crippen LogP contribution in [0.4, 0.5) is 10.1 Å². The van der Waals surface area contributed by atoms with Gasteiger partial charge < -0.3 is 15.4 Å². The van der Waals surface area contributed by atoms with Crippen LogP contribution >= 0.6 is 0 Å². The second kappa shape index (κ2) is 5.73. The summed E-state index contributed by atoms with van der Waals surface area (Å²) in [6, 6.07) is 3.15. The van der Waals surface area contributed by atoms with Gasteiger partial charge in [-0.15, -0.1) is 0 Å². The van der Waals surface area contributed by atoms with Crippen LogP contribution in [-0.4, -0.2) is 25.7 Å². The minimum absolute atomic E-state index is 0.0132. The van der Waals surface area contributed by atoms with Gasteiger partial charge >= 0.3 is 0 Å². The highest BCUT2D eigenvalue weighted by Crippen LogP contribution is 2.35. The molecule has 2 heterocycles. The number of hydrogen-bond donors (Lipinski definition) is 2. The number of halogens is 1. The summed E-state index contributed by atoms with van der Waals surface area (Å²) in [5, 5.41) is 5.93. The molecular formula is C16H21FN2O2. The summed E-state index contributed by atoms with van der Waals surface area (Å²) in [6.07, 6.45) is 2.11. The first-order valence-electron chi connectivity index (χ1n) is 7.51. The number of anilines is 1. The number of carbonyl (C=O) groups is 1. The molecule has 3 rings (SSSR count). The van der Waals surface area contributed by atoms with Crippen molar-refractivity contribution in [2.45, 2.75) is 38.3 Å². The van der Waals surface area contributed by atoms with Gasteiger partial charge in [-0.3, -0.25) is 4.79 Å². The van der Waals surface area contributed by atoms with Gasteiger partial charge in [0.1, 0.15) is 5.82 Å². The minimum atomic E-state index is -0.294. The fourth-order valence-corrected chi connectivity index (χ4v) is 3.30. The first-order chi connectivity index (χ1) is 10.1. The number of likely N-dealkylation sites (N-methyl/N-ethyl adjacent to an activating group) is 1. The third-order valence-electron chi connectivity index (χ3n) is 4.54. The molecule has 0 radical (unpaired) electrons. The van der Waals surface area contributed by atoms with E-state index in [9.17, 15) is 9.18 Å². The summed E-state index contributed by atoms with van der Waals surface area (Å²) in [5.41, 5.74) is 2.23. The lowest BCUT2D eigenvalue weighted by Crippen LogP contribution is -2.33. The lowest BCUT2D eigenvalue weighted by atomic mass is 9.89. The van der Waals surface area contributed by atoms with E-state index in [0.29, 0.717) is 30.0 Å². The second-order valence-electron chi connectivity index (χ2n) is 5.95. The zero-order valence-corrected chi connectivity index (χ0v) is 12.4. The Morgan fingerprint density at radius 1 is 1.43 bits per heavy atom. The summed E-state index contributed by atoms with van der Waals surface area (Å²) in [5.74, 6) is 0.0585. The van der Waals surface area contributed by atoms with E-state index in [0.717, 1.165) is 18.6 Å². The summed E-state index contributed by atoms with van der Waals surface area (Å²) in [6.45, 7) is 2.87. The Morgan fingerprint density at radius 3 is 2.90 bits per heavy atom. The van der Waals surface area contributed by atoms with E-state index < -0.39 is 0 Å². The molecule has 2 N–H and O–H groups in total. The molecule has 1 amide bonds. The SMILES string of the molecule is CNC(c1cc2c(cc1F)NC(=O)CC2)C1OCCC1C. The smallest absolute Gasteiger partial charge is 0.224 e. The van der Waals surface area contributed by atoms with Gasteiger partial charge in [0.15, 0.2) is 0 Å². The highest BCUT2D eigenvalue weighted by Gasteiger charge is 2.34. The highest BCUT2D eigenvalue weighted by atomic mass is 19.1. The monoisotopic (exact) mass is 292 g/mol. The van der Waals surface area contributed by atoms with Crippen molar-refractivity contribution in [2.75, 3.05) is 19.0 Å². The first-order valence-corrected chi connectivity index (χ1v) is 7.51. The van der Waals surface area contributed by atoms with Gasteiger partial charge in [-0.05, 0) is 43.5 Å². The molecule has 1 fully saturated rings. The summed E-state index contributed by atoms with van der Waals surface area (Å²) >= 11 is 0. The van der Waals surface area contributed by atoms with E-state index >= 15 is 0 Å². The fourth-order valence-electron chi connectivity index (χ4n) is 3.30. The Labute approximate surface area is 124 Å². The van der Waals surface area contributed by atoms with Crippen molar-refractivity contribution in [3.8, 4) is 0 Å². The van der Waals surface area contributed by atoms with Crippen LogP contribution in [0.1, 0.15) is 36.9 Å². The maximum atomic E-state index is 14.5. The van der Waals surface area contributed by atoms with E-state index in [4.69, 9.17) is 4.74 Å². The van der Waals surface area contributed by atoms with Crippen LogP contribution in [0.3, 0.4) is 0 Å². The highest BCUT2D eigenvalue weighted by molar-refractivity contribution is 5.93. The van der Waals surface area contributed by atoms with E-state index in [2.05, 4.69) is 17.6 Å². The molecule has 21 heavy (non-hydrogen) atoms. The zero-order chi connectivity index (χ0) is 15.0. The molecule has 0 spiro atoms. The third-order valence-corrected chi connectivity index (χ3v) is 4.54. The average Bonchev–Trinajstić information content (AvgIpc) is 2.87. The molecule has 3 atom stereocenters. The molecule has 0 saturated carbocycles. The predicted octanol–water partition coefficient (Wildman–Crippen LogP) is 2.40. The largest absolute Gasteiger partial charge is 0.376 e. The van der Waals surface area contributed by atoms with Crippen LogP contribution in [0.2, 0.25) is 0 Å². The normalized spacial score (nSPS) is 26.3. The van der Waals surface area contributed by atoms with Crippen LogP contribution in [0.5, 0.6) is 0 Å². The van der Waals surface area contributed by atoms with Crippen LogP contribution < -0.4 is 10.6 Å². The average molecular weight is 292 g/mol. The van der Waals surface area contributed by atoms with E-state index in [1.807, 2.05) is 13.1 Å². The number of aryl methyl sites for hydroxylation is 1. The van der Waals surface area contributed by atoms with Crippen LogP contribution in [-0.2, 0) is 16.0 Å². The Kier molecular flexibility index (Phi) is 3.95. The van der Waals surface area contributed by atoms with E-state index in [1.165, 1.54) is 6.07 Å². The van der Waals surface area contributed by atoms with Crippen molar-refractivity contribution < 1.29 is 13.9 Å². The van der Waals surface area contributed by atoms with Gasteiger partial charge in [0.25, 0.3) is 0 Å². The Morgan fingerprint density at radius 2 is 2.24 bits per heavy atom. The molecule has 2 aliphatic heterocycles. The predicted molar refractivity (Wildman–Crippen MR) is 78.7 cm³/mol. The number of nitrogens with one attached hydrogen (secondary N) is 2. The lowest BCUT2D eigenvalue weighted by Gasteiger charge is -2.28. The van der Waals surface area contributed by atoms with Crippen LogP contribution in [0.15, 0.2) is 12.1 Å². The fraction of sp³-hybridized carbons (Fsp3) is 0.562.